The van der Waals surface area contributed by atoms with E-state index in [-0.39, 0.29) is 0 Å². The molecular weight excluding hydrogens is 258 g/mol. The van der Waals surface area contributed by atoms with E-state index in [1.165, 1.54) is 16.7 Å². The molecule has 2 aromatic carbocycles. The minimum absolute atomic E-state index is 0.498. The van der Waals surface area contributed by atoms with Crippen molar-refractivity contribution in [3.8, 4) is 5.75 Å². The molecular formula is C19H23NO. The molecule has 0 radical (unpaired) electrons. The van der Waals surface area contributed by atoms with Crippen molar-refractivity contribution in [2.45, 2.75) is 38.8 Å². The molecule has 2 unspecified atom stereocenters. The summed E-state index contributed by atoms with van der Waals surface area (Å²) in [7, 11) is 0. The lowest BCUT2D eigenvalue weighted by Gasteiger charge is -2.33. The SMILES string of the molecule is CCOc1ccc2c(c1)CNC(Cc1ccccc1)C2C. The summed E-state index contributed by atoms with van der Waals surface area (Å²) in [5.41, 5.74) is 4.23. The first-order valence-corrected chi connectivity index (χ1v) is 7.81. The van der Waals surface area contributed by atoms with E-state index in [1.807, 2.05) is 6.92 Å². The summed E-state index contributed by atoms with van der Waals surface area (Å²) in [6.45, 7) is 5.99. The second-order valence-corrected chi connectivity index (χ2v) is 5.76. The van der Waals surface area contributed by atoms with Gasteiger partial charge < -0.3 is 10.1 Å². The fraction of sp³-hybridized carbons (Fsp3) is 0.368. The highest BCUT2D eigenvalue weighted by Crippen LogP contribution is 2.31. The predicted molar refractivity (Wildman–Crippen MR) is 86.8 cm³/mol. The number of hydrogen-bond donors (Lipinski definition) is 1. The molecule has 110 valence electrons. The van der Waals surface area contributed by atoms with Gasteiger partial charge in [0, 0.05) is 12.6 Å². The van der Waals surface area contributed by atoms with Gasteiger partial charge in [0.1, 0.15) is 5.75 Å². The van der Waals surface area contributed by atoms with Crippen LogP contribution in [0.2, 0.25) is 0 Å². The molecule has 0 saturated carbocycles. The van der Waals surface area contributed by atoms with Crippen molar-refractivity contribution in [3.05, 3.63) is 65.2 Å². The molecule has 2 heteroatoms. The van der Waals surface area contributed by atoms with Crippen molar-refractivity contribution < 1.29 is 4.74 Å². The Morgan fingerprint density at radius 2 is 1.95 bits per heavy atom. The van der Waals surface area contributed by atoms with Crippen molar-refractivity contribution in [2.24, 2.45) is 0 Å². The van der Waals surface area contributed by atoms with Gasteiger partial charge in [-0.15, -0.1) is 0 Å². The Labute approximate surface area is 127 Å². The molecule has 1 N–H and O–H groups in total. The molecule has 2 nitrogen and oxygen atoms in total. The Bertz CT molecular complexity index is 594. The summed E-state index contributed by atoms with van der Waals surface area (Å²) < 4.78 is 5.60. The maximum Gasteiger partial charge on any atom is 0.119 e. The molecule has 0 aliphatic carbocycles. The van der Waals surface area contributed by atoms with Gasteiger partial charge >= 0.3 is 0 Å². The van der Waals surface area contributed by atoms with Crippen LogP contribution in [-0.4, -0.2) is 12.6 Å². The van der Waals surface area contributed by atoms with Crippen LogP contribution in [0, 0.1) is 0 Å². The minimum Gasteiger partial charge on any atom is -0.494 e. The lowest BCUT2D eigenvalue weighted by atomic mass is 9.83. The average Bonchev–Trinajstić information content (AvgIpc) is 2.52. The Balaban J connectivity index is 1.77. The minimum atomic E-state index is 0.498. The second kappa shape index (κ2) is 6.31. The van der Waals surface area contributed by atoms with E-state index in [0.29, 0.717) is 12.0 Å². The molecule has 1 aliphatic heterocycles. The highest BCUT2D eigenvalue weighted by molar-refractivity contribution is 5.40. The van der Waals surface area contributed by atoms with Gasteiger partial charge in [-0.05, 0) is 48.1 Å². The second-order valence-electron chi connectivity index (χ2n) is 5.76. The molecule has 21 heavy (non-hydrogen) atoms. The van der Waals surface area contributed by atoms with Crippen LogP contribution in [0.5, 0.6) is 5.75 Å². The highest BCUT2D eigenvalue weighted by atomic mass is 16.5. The highest BCUT2D eigenvalue weighted by Gasteiger charge is 2.26. The predicted octanol–water partition coefficient (Wildman–Crippen LogP) is 3.90. The Morgan fingerprint density at radius 1 is 1.14 bits per heavy atom. The molecule has 2 aromatic rings. The third kappa shape index (κ3) is 3.11. The van der Waals surface area contributed by atoms with Gasteiger partial charge in [0.15, 0.2) is 0 Å². The van der Waals surface area contributed by atoms with E-state index < -0.39 is 0 Å². The maximum absolute atomic E-state index is 5.60. The summed E-state index contributed by atoms with van der Waals surface area (Å²) >= 11 is 0. The van der Waals surface area contributed by atoms with Gasteiger partial charge in [-0.25, -0.2) is 0 Å². The van der Waals surface area contributed by atoms with Crippen LogP contribution in [0.3, 0.4) is 0 Å². The number of nitrogens with one attached hydrogen (secondary N) is 1. The number of rotatable bonds is 4. The summed E-state index contributed by atoms with van der Waals surface area (Å²) in [5, 5.41) is 3.69. The molecule has 0 bridgehead atoms. The fourth-order valence-corrected chi connectivity index (χ4v) is 3.19. The zero-order valence-electron chi connectivity index (χ0n) is 12.8. The summed E-state index contributed by atoms with van der Waals surface area (Å²) in [6, 6.07) is 17.7. The molecule has 2 atom stereocenters. The van der Waals surface area contributed by atoms with Crippen molar-refractivity contribution in [2.75, 3.05) is 6.61 Å². The van der Waals surface area contributed by atoms with Gasteiger partial charge in [-0.3, -0.25) is 0 Å². The normalized spacial score (nSPS) is 20.9. The van der Waals surface area contributed by atoms with Crippen LogP contribution in [0.25, 0.3) is 0 Å². The molecule has 0 fully saturated rings. The zero-order valence-corrected chi connectivity index (χ0v) is 12.8. The van der Waals surface area contributed by atoms with Crippen molar-refractivity contribution in [1.29, 1.82) is 0 Å². The monoisotopic (exact) mass is 281 g/mol. The van der Waals surface area contributed by atoms with Gasteiger partial charge in [-0.2, -0.15) is 0 Å². The molecule has 0 aromatic heterocycles. The van der Waals surface area contributed by atoms with Crippen LogP contribution in [0.1, 0.15) is 36.5 Å². The van der Waals surface area contributed by atoms with Crippen molar-refractivity contribution >= 4 is 0 Å². The maximum atomic E-state index is 5.60. The van der Waals surface area contributed by atoms with Crippen molar-refractivity contribution in [3.63, 3.8) is 0 Å². The number of fused-ring (bicyclic) bond motifs is 1. The van der Waals surface area contributed by atoms with E-state index in [4.69, 9.17) is 4.74 Å². The van der Waals surface area contributed by atoms with E-state index in [0.717, 1.165) is 25.3 Å². The number of ether oxygens (including phenoxy) is 1. The van der Waals surface area contributed by atoms with Gasteiger partial charge in [0.05, 0.1) is 6.61 Å². The van der Waals surface area contributed by atoms with Gasteiger partial charge in [0.2, 0.25) is 0 Å². The molecule has 1 aliphatic rings. The fourth-order valence-electron chi connectivity index (χ4n) is 3.19. The third-order valence-electron chi connectivity index (χ3n) is 4.37. The Morgan fingerprint density at radius 3 is 2.71 bits per heavy atom. The standard InChI is InChI=1S/C19H23NO/c1-3-21-17-9-10-18-14(2)19(20-13-16(18)12-17)11-15-7-5-4-6-8-15/h4-10,12,14,19-20H,3,11,13H2,1-2H3. The van der Waals surface area contributed by atoms with Gasteiger partial charge in [-0.1, -0.05) is 43.3 Å². The number of hydrogen-bond acceptors (Lipinski definition) is 2. The summed E-state index contributed by atoms with van der Waals surface area (Å²) in [4.78, 5) is 0. The van der Waals surface area contributed by atoms with Crippen LogP contribution in [-0.2, 0) is 13.0 Å². The van der Waals surface area contributed by atoms with Gasteiger partial charge in [0.25, 0.3) is 0 Å². The van der Waals surface area contributed by atoms with Crippen molar-refractivity contribution in [1.82, 2.24) is 5.32 Å². The van der Waals surface area contributed by atoms with E-state index in [2.05, 4.69) is 60.8 Å². The smallest absolute Gasteiger partial charge is 0.119 e. The van der Waals surface area contributed by atoms with E-state index in [9.17, 15) is 0 Å². The average molecular weight is 281 g/mol. The first-order valence-electron chi connectivity index (χ1n) is 7.81. The van der Waals surface area contributed by atoms with E-state index in [1.54, 1.807) is 0 Å². The largest absolute Gasteiger partial charge is 0.494 e. The lowest BCUT2D eigenvalue weighted by molar-refractivity contribution is 0.338. The molecule has 3 rings (SSSR count). The lowest BCUT2D eigenvalue weighted by Crippen LogP contribution is -2.39. The topological polar surface area (TPSA) is 21.3 Å². The van der Waals surface area contributed by atoms with Crippen LogP contribution in [0.15, 0.2) is 48.5 Å². The van der Waals surface area contributed by atoms with Crippen LogP contribution < -0.4 is 10.1 Å². The van der Waals surface area contributed by atoms with Crippen LogP contribution in [0.4, 0.5) is 0 Å². The quantitative estimate of drug-likeness (QED) is 0.917. The molecule has 1 heterocycles. The molecule has 0 saturated heterocycles. The third-order valence-corrected chi connectivity index (χ3v) is 4.37. The number of benzene rings is 2. The summed E-state index contributed by atoms with van der Waals surface area (Å²) in [5.74, 6) is 1.50. The summed E-state index contributed by atoms with van der Waals surface area (Å²) in [6.07, 6.45) is 1.08. The first kappa shape index (κ1) is 14.2. The Kier molecular flexibility index (Phi) is 4.26. The first-order chi connectivity index (χ1) is 10.3. The Hall–Kier alpha value is -1.80. The van der Waals surface area contributed by atoms with Crippen LogP contribution >= 0.6 is 0 Å². The molecule has 0 amide bonds. The zero-order chi connectivity index (χ0) is 14.7. The van der Waals surface area contributed by atoms with E-state index >= 15 is 0 Å². The molecule has 0 spiro atoms.